The van der Waals surface area contributed by atoms with Gasteiger partial charge in [-0.3, -0.25) is 9.78 Å². The average molecular weight is 381 g/mol. The number of aliphatic hydroxyl groups is 1. The molecule has 0 unspecified atom stereocenters. The summed E-state index contributed by atoms with van der Waals surface area (Å²) in [6, 6.07) is 8.26. The molecule has 2 atom stereocenters. The summed E-state index contributed by atoms with van der Waals surface area (Å²) in [6.07, 6.45) is -3.19. The molecule has 0 aliphatic rings. The second kappa shape index (κ2) is 9.13. The van der Waals surface area contributed by atoms with Crippen LogP contribution >= 0.6 is 0 Å². The van der Waals surface area contributed by atoms with Crippen LogP contribution in [0.4, 0.5) is 13.2 Å². The van der Waals surface area contributed by atoms with Gasteiger partial charge in [-0.15, -0.1) is 0 Å². The van der Waals surface area contributed by atoms with Gasteiger partial charge in [-0.25, -0.2) is 4.39 Å². The third kappa shape index (κ3) is 5.04. The van der Waals surface area contributed by atoms with Gasteiger partial charge in [0.15, 0.2) is 0 Å². The first-order valence-corrected chi connectivity index (χ1v) is 7.95. The molecule has 0 saturated carbocycles. The second-order valence-corrected chi connectivity index (χ2v) is 5.75. The Bertz CT molecular complexity index is 796. The lowest BCUT2D eigenvalue weighted by atomic mass is 9.99. The molecule has 6 nitrogen and oxygen atoms in total. The number of oxime groups is 1. The minimum Gasteiger partial charge on any atom is -0.411 e. The Labute approximate surface area is 153 Å². The van der Waals surface area contributed by atoms with E-state index in [1.165, 1.54) is 12.1 Å². The van der Waals surface area contributed by atoms with E-state index in [0.29, 0.717) is 11.4 Å². The summed E-state index contributed by atoms with van der Waals surface area (Å²) in [6.45, 7) is 0.408. The third-order valence-corrected chi connectivity index (χ3v) is 3.94. The number of carbonyl (C=O) groups is 1. The van der Waals surface area contributed by atoms with Gasteiger partial charge in [0, 0.05) is 11.8 Å². The van der Waals surface area contributed by atoms with Crippen molar-refractivity contribution in [3.05, 3.63) is 53.9 Å². The van der Waals surface area contributed by atoms with Crippen molar-refractivity contribution in [2.75, 3.05) is 6.67 Å². The molecule has 0 saturated heterocycles. The number of halogens is 3. The van der Waals surface area contributed by atoms with Crippen LogP contribution < -0.4 is 5.32 Å². The van der Waals surface area contributed by atoms with Crippen molar-refractivity contribution in [1.82, 2.24) is 10.3 Å². The maximum absolute atomic E-state index is 13.0. The van der Waals surface area contributed by atoms with Crippen molar-refractivity contribution in [2.45, 2.75) is 25.5 Å². The predicted molar refractivity (Wildman–Crippen MR) is 92.5 cm³/mol. The van der Waals surface area contributed by atoms with E-state index >= 15 is 0 Å². The predicted octanol–water partition coefficient (Wildman–Crippen LogP) is 2.70. The number of nitrogens with one attached hydrogen (secondary N) is 1. The summed E-state index contributed by atoms with van der Waals surface area (Å²) in [7, 11) is 0. The normalized spacial score (nSPS) is 14.1. The van der Waals surface area contributed by atoms with E-state index < -0.39 is 31.2 Å². The SMILES string of the molecule is CC(=NO)c1ccc(-c2ccc([C@@H](O)[C@@H](CF)NC(=O)C(F)F)cc2)cn1. The van der Waals surface area contributed by atoms with Crippen molar-refractivity contribution in [3.63, 3.8) is 0 Å². The number of alkyl halides is 3. The largest absolute Gasteiger partial charge is 0.411 e. The van der Waals surface area contributed by atoms with E-state index in [9.17, 15) is 23.1 Å². The lowest BCUT2D eigenvalue weighted by Crippen LogP contribution is -2.43. The number of benzene rings is 1. The molecule has 0 aliphatic carbocycles. The fourth-order valence-corrected chi connectivity index (χ4v) is 2.38. The summed E-state index contributed by atoms with van der Waals surface area (Å²) in [5, 5.41) is 23.7. The van der Waals surface area contributed by atoms with Crippen molar-refractivity contribution in [1.29, 1.82) is 0 Å². The molecular weight excluding hydrogens is 363 g/mol. The van der Waals surface area contributed by atoms with Gasteiger partial charge in [0.25, 0.3) is 5.91 Å². The lowest BCUT2D eigenvalue weighted by molar-refractivity contribution is -0.133. The average Bonchev–Trinajstić information content (AvgIpc) is 2.70. The molecule has 2 aromatic rings. The van der Waals surface area contributed by atoms with Gasteiger partial charge in [0.2, 0.25) is 0 Å². The Morgan fingerprint density at radius 1 is 1.19 bits per heavy atom. The summed E-state index contributed by atoms with van der Waals surface area (Å²) >= 11 is 0. The molecule has 0 spiro atoms. The number of carbonyl (C=O) groups excluding carboxylic acids is 1. The first-order chi connectivity index (χ1) is 12.9. The van der Waals surface area contributed by atoms with E-state index in [1.807, 2.05) is 0 Å². The number of nitrogens with zero attached hydrogens (tertiary/aromatic N) is 2. The highest BCUT2D eigenvalue weighted by Gasteiger charge is 2.26. The van der Waals surface area contributed by atoms with Gasteiger partial charge in [-0.2, -0.15) is 8.78 Å². The molecule has 0 radical (unpaired) electrons. The maximum atomic E-state index is 13.0. The van der Waals surface area contributed by atoms with E-state index in [4.69, 9.17) is 5.21 Å². The van der Waals surface area contributed by atoms with Crippen LogP contribution in [-0.2, 0) is 4.79 Å². The molecule has 1 aromatic heterocycles. The number of rotatable bonds is 7. The van der Waals surface area contributed by atoms with E-state index in [1.54, 1.807) is 42.7 Å². The number of aliphatic hydroxyl groups excluding tert-OH is 1. The number of hydrogen-bond acceptors (Lipinski definition) is 5. The highest BCUT2D eigenvalue weighted by Crippen LogP contribution is 2.23. The monoisotopic (exact) mass is 381 g/mol. The van der Waals surface area contributed by atoms with Crippen molar-refractivity contribution in [3.8, 4) is 11.1 Å². The lowest BCUT2D eigenvalue weighted by Gasteiger charge is -2.22. The van der Waals surface area contributed by atoms with Crippen molar-refractivity contribution < 1.29 is 28.3 Å². The number of amides is 1. The smallest absolute Gasteiger partial charge is 0.315 e. The number of hydrogen-bond donors (Lipinski definition) is 3. The molecule has 3 N–H and O–H groups in total. The van der Waals surface area contributed by atoms with Crippen LogP contribution in [-0.4, -0.2) is 46.1 Å². The molecule has 2 rings (SSSR count). The van der Waals surface area contributed by atoms with Crippen LogP contribution in [0.5, 0.6) is 0 Å². The summed E-state index contributed by atoms with van der Waals surface area (Å²) < 4.78 is 37.6. The molecule has 144 valence electrons. The summed E-state index contributed by atoms with van der Waals surface area (Å²) in [4.78, 5) is 15.2. The van der Waals surface area contributed by atoms with Gasteiger partial charge in [0.05, 0.1) is 11.7 Å². The van der Waals surface area contributed by atoms with Gasteiger partial charge in [-0.05, 0) is 24.1 Å². The molecule has 0 fully saturated rings. The Balaban J connectivity index is 2.14. The van der Waals surface area contributed by atoms with Crippen LogP contribution in [0.3, 0.4) is 0 Å². The number of pyridine rings is 1. The number of aromatic nitrogens is 1. The Morgan fingerprint density at radius 2 is 1.81 bits per heavy atom. The van der Waals surface area contributed by atoms with Crippen molar-refractivity contribution >= 4 is 11.6 Å². The van der Waals surface area contributed by atoms with Crippen LogP contribution in [0.25, 0.3) is 11.1 Å². The zero-order chi connectivity index (χ0) is 20.0. The highest BCUT2D eigenvalue weighted by molar-refractivity contribution is 5.96. The molecule has 1 amide bonds. The molecule has 27 heavy (non-hydrogen) atoms. The molecule has 1 aromatic carbocycles. The van der Waals surface area contributed by atoms with Crippen LogP contribution in [0.1, 0.15) is 24.3 Å². The third-order valence-electron chi connectivity index (χ3n) is 3.94. The van der Waals surface area contributed by atoms with E-state index in [0.717, 1.165) is 11.1 Å². The summed E-state index contributed by atoms with van der Waals surface area (Å²) in [5.41, 5.74) is 2.64. The maximum Gasteiger partial charge on any atom is 0.315 e. The van der Waals surface area contributed by atoms with Gasteiger partial charge >= 0.3 is 6.43 Å². The molecular formula is C18H18F3N3O3. The molecule has 0 bridgehead atoms. The Morgan fingerprint density at radius 3 is 2.30 bits per heavy atom. The standard InChI is InChI=1S/C18H18F3N3O3/c1-10(24-27)14-7-6-13(9-22-14)11-2-4-12(5-3-11)16(25)15(8-19)23-18(26)17(20)21/h2-7,9,15-17,25,27H,8H2,1H3,(H,23,26)/t15-,16-/m1/s1. The Hall–Kier alpha value is -2.94. The fourth-order valence-electron chi connectivity index (χ4n) is 2.38. The molecule has 9 heteroatoms. The molecule has 0 aliphatic heterocycles. The van der Waals surface area contributed by atoms with E-state index in [-0.39, 0.29) is 5.56 Å². The van der Waals surface area contributed by atoms with Gasteiger partial charge < -0.3 is 15.6 Å². The first-order valence-electron chi connectivity index (χ1n) is 7.95. The highest BCUT2D eigenvalue weighted by atomic mass is 19.3. The minimum absolute atomic E-state index is 0.267. The Kier molecular flexibility index (Phi) is 6.89. The van der Waals surface area contributed by atoms with Gasteiger partial charge in [0.1, 0.15) is 18.5 Å². The quantitative estimate of drug-likeness (QED) is 0.390. The second-order valence-electron chi connectivity index (χ2n) is 5.75. The van der Waals surface area contributed by atoms with Crippen LogP contribution in [0, 0.1) is 0 Å². The molecule has 1 heterocycles. The minimum atomic E-state index is -3.29. The van der Waals surface area contributed by atoms with Crippen LogP contribution in [0.2, 0.25) is 0 Å². The fraction of sp³-hybridized carbons (Fsp3) is 0.278. The zero-order valence-corrected chi connectivity index (χ0v) is 14.3. The van der Waals surface area contributed by atoms with Crippen molar-refractivity contribution in [2.24, 2.45) is 5.16 Å². The topological polar surface area (TPSA) is 94.8 Å². The summed E-state index contributed by atoms with van der Waals surface area (Å²) in [5.74, 6) is -1.64. The van der Waals surface area contributed by atoms with E-state index in [2.05, 4.69) is 10.1 Å². The van der Waals surface area contributed by atoms with Crippen LogP contribution in [0.15, 0.2) is 47.8 Å². The zero-order valence-electron chi connectivity index (χ0n) is 14.3. The first kappa shape index (κ1) is 20.4. The van der Waals surface area contributed by atoms with Gasteiger partial charge in [-0.1, -0.05) is 35.5 Å².